The Morgan fingerprint density at radius 3 is 2.12 bits per heavy atom. The van der Waals surface area contributed by atoms with Gasteiger partial charge in [-0.1, -0.05) is 48.5 Å². The van der Waals surface area contributed by atoms with Crippen LogP contribution in [0.4, 0.5) is 5.69 Å². The summed E-state index contributed by atoms with van der Waals surface area (Å²) in [4.78, 5) is 12.3. The van der Waals surface area contributed by atoms with Crippen LogP contribution in [-0.4, -0.2) is 25.5 Å². The van der Waals surface area contributed by atoms with E-state index in [9.17, 15) is 4.79 Å². The zero-order valence-corrected chi connectivity index (χ0v) is 14.2. The molecular weight excluding hydrogens is 322 g/mol. The van der Waals surface area contributed by atoms with E-state index in [1.807, 2.05) is 36.4 Å². The third-order valence-electron chi connectivity index (χ3n) is 3.88. The molecule has 0 aliphatic heterocycles. The Morgan fingerprint density at radius 1 is 0.958 bits per heavy atom. The molecule has 0 saturated carbocycles. The highest BCUT2D eigenvalue weighted by Crippen LogP contribution is 2.32. The smallest absolute Gasteiger partial charge is 0.238 e. The highest BCUT2D eigenvalue weighted by Gasteiger charge is 2.10. The Hall–Kier alpha value is -2.14. The fourth-order valence-corrected chi connectivity index (χ4v) is 2.76. The molecule has 3 rings (SSSR count). The molecule has 0 aliphatic carbocycles. The van der Waals surface area contributed by atoms with Crippen LogP contribution in [0.25, 0.3) is 21.5 Å². The first-order valence-electron chi connectivity index (χ1n) is 7.91. The monoisotopic (exact) mass is 343 g/mol. The first-order valence-corrected chi connectivity index (χ1v) is 7.91. The van der Waals surface area contributed by atoms with E-state index >= 15 is 0 Å². The molecule has 3 aromatic carbocycles. The van der Waals surface area contributed by atoms with Gasteiger partial charge in [-0.3, -0.25) is 4.79 Å². The molecule has 24 heavy (non-hydrogen) atoms. The van der Waals surface area contributed by atoms with E-state index in [0.717, 1.165) is 40.2 Å². The molecule has 4 nitrogen and oxygen atoms in total. The summed E-state index contributed by atoms with van der Waals surface area (Å²) in [7, 11) is 0. The lowest BCUT2D eigenvalue weighted by atomic mass is 10.0. The van der Waals surface area contributed by atoms with Crippen molar-refractivity contribution in [1.29, 1.82) is 0 Å². The quantitative estimate of drug-likeness (QED) is 0.475. The molecule has 3 aromatic rings. The summed E-state index contributed by atoms with van der Waals surface area (Å²) in [5.74, 6) is -0.0384. The Morgan fingerprint density at radius 2 is 1.54 bits per heavy atom. The van der Waals surface area contributed by atoms with Crippen LogP contribution in [0.1, 0.15) is 6.42 Å². The predicted octanol–water partition coefficient (Wildman–Crippen LogP) is 3.29. The summed E-state index contributed by atoms with van der Waals surface area (Å²) in [5, 5.41) is 10.5. The third kappa shape index (κ3) is 4.03. The number of anilines is 1. The van der Waals surface area contributed by atoms with E-state index in [2.05, 4.69) is 28.8 Å². The van der Waals surface area contributed by atoms with Crippen LogP contribution in [0.3, 0.4) is 0 Å². The van der Waals surface area contributed by atoms with Gasteiger partial charge in [-0.05, 0) is 36.3 Å². The van der Waals surface area contributed by atoms with Crippen LogP contribution in [0, 0.1) is 0 Å². The van der Waals surface area contributed by atoms with Crippen molar-refractivity contribution in [3.8, 4) is 0 Å². The lowest BCUT2D eigenvalue weighted by Gasteiger charge is -2.13. The van der Waals surface area contributed by atoms with E-state index in [4.69, 9.17) is 5.73 Å². The molecule has 126 valence electrons. The summed E-state index contributed by atoms with van der Waals surface area (Å²) in [5.41, 5.74) is 6.33. The largest absolute Gasteiger partial charge is 0.330 e. The number of fused-ring (bicyclic) bond motifs is 2. The van der Waals surface area contributed by atoms with Crippen LogP contribution in [-0.2, 0) is 4.79 Å². The van der Waals surface area contributed by atoms with Crippen molar-refractivity contribution in [1.82, 2.24) is 5.32 Å². The van der Waals surface area contributed by atoms with Gasteiger partial charge in [-0.15, -0.1) is 12.4 Å². The highest BCUT2D eigenvalue weighted by atomic mass is 35.5. The number of hydrogen-bond acceptors (Lipinski definition) is 3. The standard InChI is InChI=1S/C19H21N3O.ClH/c20-10-5-11-21-13-18(23)22-19-16-8-3-1-6-14(16)12-15-7-2-4-9-17(15)19;/h1-4,6-9,12,21H,5,10-11,13,20H2,(H,22,23);1H. The predicted molar refractivity (Wildman–Crippen MR) is 104 cm³/mol. The molecule has 0 heterocycles. The molecule has 0 radical (unpaired) electrons. The maximum Gasteiger partial charge on any atom is 0.238 e. The van der Waals surface area contributed by atoms with Gasteiger partial charge in [0.1, 0.15) is 0 Å². The Balaban J connectivity index is 0.00000208. The Labute approximate surface area is 147 Å². The average molecular weight is 344 g/mol. The molecule has 0 bridgehead atoms. The maximum atomic E-state index is 12.3. The molecule has 0 atom stereocenters. The van der Waals surface area contributed by atoms with Crippen molar-refractivity contribution in [2.24, 2.45) is 5.73 Å². The highest BCUT2D eigenvalue weighted by molar-refractivity contribution is 6.15. The number of amides is 1. The summed E-state index contributed by atoms with van der Waals surface area (Å²) in [6.45, 7) is 1.67. The number of hydrogen-bond donors (Lipinski definition) is 3. The van der Waals surface area contributed by atoms with Crippen LogP contribution in [0.2, 0.25) is 0 Å². The Bertz CT molecular complexity index is 781. The summed E-state index contributed by atoms with van der Waals surface area (Å²) in [6.07, 6.45) is 0.866. The lowest BCUT2D eigenvalue weighted by Crippen LogP contribution is -2.29. The topological polar surface area (TPSA) is 67.1 Å². The third-order valence-corrected chi connectivity index (χ3v) is 3.88. The fraction of sp³-hybridized carbons (Fsp3) is 0.211. The van der Waals surface area contributed by atoms with Gasteiger partial charge in [-0.2, -0.15) is 0 Å². The summed E-state index contributed by atoms with van der Waals surface area (Å²) in [6, 6.07) is 18.4. The van der Waals surface area contributed by atoms with Gasteiger partial charge in [-0.25, -0.2) is 0 Å². The van der Waals surface area contributed by atoms with Crippen LogP contribution in [0.5, 0.6) is 0 Å². The molecule has 0 saturated heterocycles. The molecule has 1 amide bonds. The van der Waals surface area contributed by atoms with Crippen LogP contribution in [0.15, 0.2) is 54.6 Å². The molecular formula is C19H22ClN3O. The number of carbonyl (C=O) groups is 1. The fourth-order valence-electron chi connectivity index (χ4n) is 2.76. The van der Waals surface area contributed by atoms with Crippen molar-refractivity contribution in [3.63, 3.8) is 0 Å². The van der Waals surface area contributed by atoms with Gasteiger partial charge in [0, 0.05) is 10.8 Å². The maximum absolute atomic E-state index is 12.3. The number of nitrogens with two attached hydrogens (primary N) is 1. The zero-order chi connectivity index (χ0) is 16.1. The van der Waals surface area contributed by atoms with E-state index in [-0.39, 0.29) is 24.9 Å². The second-order valence-electron chi connectivity index (χ2n) is 5.56. The van der Waals surface area contributed by atoms with Crippen molar-refractivity contribution >= 4 is 45.5 Å². The van der Waals surface area contributed by atoms with Crippen molar-refractivity contribution < 1.29 is 4.79 Å². The van der Waals surface area contributed by atoms with Crippen molar-refractivity contribution in [3.05, 3.63) is 54.6 Å². The summed E-state index contributed by atoms with van der Waals surface area (Å²) < 4.78 is 0. The van der Waals surface area contributed by atoms with Gasteiger partial charge >= 0.3 is 0 Å². The summed E-state index contributed by atoms with van der Waals surface area (Å²) >= 11 is 0. The molecule has 0 unspecified atom stereocenters. The SMILES string of the molecule is Cl.NCCCNCC(=O)Nc1c2ccccc2cc2ccccc12. The van der Waals surface area contributed by atoms with Gasteiger partial charge in [0.2, 0.25) is 5.91 Å². The van der Waals surface area contributed by atoms with Gasteiger partial charge < -0.3 is 16.4 Å². The average Bonchev–Trinajstić information content (AvgIpc) is 2.58. The molecule has 0 aromatic heterocycles. The van der Waals surface area contributed by atoms with Crippen LogP contribution >= 0.6 is 12.4 Å². The van der Waals surface area contributed by atoms with E-state index in [1.165, 1.54) is 0 Å². The minimum absolute atomic E-state index is 0. The second-order valence-corrected chi connectivity index (χ2v) is 5.56. The number of nitrogens with one attached hydrogen (secondary N) is 2. The minimum atomic E-state index is -0.0384. The van der Waals surface area contributed by atoms with Gasteiger partial charge in [0.25, 0.3) is 0 Å². The molecule has 4 N–H and O–H groups in total. The number of benzene rings is 3. The lowest BCUT2D eigenvalue weighted by molar-refractivity contribution is -0.115. The number of halogens is 1. The molecule has 0 fully saturated rings. The molecule has 0 aliphatic rings. The van der Waals surface area contributed by atoms with Crippen molar-refractivity contribution in [2.45, 2.75) is 6.42 Å². The first-order chi connectivity index (χ1) is 11.3. The second kappa shape index (κ2) is 8.64. The first kappa shape index (κ1) is 18.2. The van der Waals surface area contributed by atoms with Crippen molar-refractivity contribution in [2.75, 3.05) is 25.0 Å². The van der Waals surface area contributed by atoms with Crippen LogP contribution < -0.4 is 16.4 Å². The number of rotatable bonds is 6. The van der Waals surface area contributed by atoms with Gasteiger partial charge in [0.15, 0.2) is 0 Å². The van der Waals surface area contributed by atoms with E-state index in [1.54, 1.807) is 0 Å². The molecule has 0 spiro atoms. The van der Waals surface area contributed by atoms with E-state index in [0.29, 0.717) is 6.54 Å². The normalized spacial score (nSPS) is 10.5. The zero-order valence-electron chi connectivity index (χ0n) is 13.4. The van der Waals surface area contributed by atoms with Gasteiger partial charge in [0.05, 0.1) is 12.2 Å². The van der Waals surface area contributed by atoms with E-state index < -0.39 is 0 Å². The molecule has 5 heteroatoms. The number of carbonyl (C=O) groups excluding carboxylic acids is 1. The minimum Gasteiger partial charge on any atom is -0.330 e. The Kier molecular flexibility index (Phi) is 6.55.